The van der Waals surface area contributed by atoms with E-state index in [1.165, 1.54) is 12.0 Å². The van der Waals surface area contributed by atoms with E-state index in [0.717, 1.165) is 16.7 Å². The van der Waals surface area contributed by atoms with E-state index in [0.29, 0.717) is 23.5 Å². The van der Waals surface area contributed by atoms with Crippen LogP contribution in [-0.4, -0.2) is 61.3 Å². The minimum atomic E-state index is -0.671. The number of aliphatic hydroxyl groups excluding tert-OH is 1. The first-order valence-electron chi connectivity index (χ1n) is 13.0. The van der Waals surface area contributed by atoms with E-state index in [1.54, 1.807) is 31.2 Å². The van der Waals surface area contributed by atoms with Gasteiger partial charge in [-0.05, 0) is 41.8 Å². The van der Waals surface area contributed by atoms with Crippen LogP contribution in [0.3, 0.4) is 0 Å². The molecule has 0 unspecified atom stereocenters. The number of nitrogens with one attached hydrogen (secondary N) is 2. The van der Waals surface area contributed by atoms with Gasteiger partial charge >= 0.3 is 11.9 Å². The minimum Gasteiger partial charge on any atom is -0.466 e. The second kappa shape index (κ2) is 13.3. The number of hydrogen-bond acceptors (Lipinski definition) is 9. The van der Waals surface area contributed by atoms with Gasteiger partial charge in [-0.15, -0.1) is 0 Å². The molecule has 4 rings (SSSR count). The molecule has 0 atom stereocenters. The summed E-state index contributed by atoms with van der Waals surface area (Å²) >= 11 is 0. The number of aliphatic hydroxyl groups is 1. The summed E-state index contributed by atoms with van der Waals surface area (Å²) in [5.41, 5.74) is 4.34. The summed E-state index contributed by atoms with van der Waals surface area (Å²) in [5.74, 6) is -1.69. The number of carbonyl (C=O) groups excluding carboxylic acids is 3. The maximum Gasteiger partial charge on any atom is 0.340 e. The molecule has 0 aliphatic carbocycles. The number of rotatable bonds is 11. The molecule has 10 nitrogen and oxygen atoms in total. The van der Waals surface area contributed by atoms with E-state index in [4.69, 9.17) is 9.47 Å². The Morgan fingerprint density at radius 1 is 1.05 bits per heavy atom. The number of benzene rings is 3. The Morgan fingerprint density at radius 3 is 2.49 bits per heavy atom. The van der Waals surface area contributed by atoms with Gasteiger partial charge in [0.05, 0.1) is 61.0 Å². The van der Waals surface area contributed by atoms with Crippen LogP contribution in [0, 0.1) is 11.3 Å². The van der Waals surface area contributed by atoms with E-state index in [1.807, 2.05) is 42.5 Å². The molecule has 10 heteroatoms. The third-order valence-electron chi connectivity index (χ3n) is 6.55. The second-order valence-electron chi connectivity index (χ2n) is 9.08. The first-order valence-corrected chi connectivity index (χ1v) is 13.0. The number of nitrogens with zero attached hydrogens (tertiary/aromatic N) is 2. The van der Waals surface area contributed by atoms with Crippen LogP contribution in [0.5, 0.6) is 0 Å². The number of carbonyl (C=O) groups is 3. The summed E-state index contributed by atoms with van der Waals surface area (Å²) in [7, 11) is 1.23. The third kappa shape index (κ3) is 6.37. The third-order valence-corrected chi connectivity index (χ3v) is 6.55. The van der Waals surface area contributed by atoms with Crippen molar-refractivity contribution in [3.63, 3.8) is 0 Å². The maximum atomic E-state index is 13.1. The van der Waals surface area contributed by atoms with Crippen molar-refractivity contribution in [1.29, 1.82) is 5.26 Å². The Kier molecular flexibility index (Phi) is 9.35. The van der Waals surface area contributed by atoms with Crippen LogP contribution in [-0.2, 0) is 25.6 Å². The fourth-order valence-electron chi connectivity index (χ4n) is 4.53. The van der Waals surface area contributed by atoms with E-state index >= 15 is 0 Å². The van der Waals surface area contributed by atoms with E-state index in [2.05, 4.69) is 16.7 Å². The summed E-state index contributed by atoms with van der Waals surface area (Å²) in [5, 5.41) is 25.1. The van der Waals surface area contributed by atoms with Crippen LogP contribution in [0.4, 0.5) is 11.4 Å². The zero-order valence-corrected chi connectivity index (χ0v) is 22.8. The van der Waals surface area contributed by atoms with Crippen molar-refractivity contribution in [3.05, 3.63) is 94.7 Å². The average Bonchev–Trinajstić information content (AvgIpc) is 3.30. The topological polar surface area (TPSA) is 141 Å². The monoisotopic (exact) mass is 554 g/mol. The Morgan fingerprint density at radius 2 is 1.80 bits per heavy atom. The van der Waals surface area contributed by atoms with E-state index in [9.17, 15) is 24.8 Å². The minimum absolute atomic E-state index is 0.00914. The number of esters is 2. The van der Waals surface area contributed by atoms with Gasteiger partial charge in [0.2, 0.25) is 0 Å². The average molecular weight is 555 g/mol. The fraction of sp³-hybridized carbons (Fsp3) is 0.226. The lowest BCUT2D eigenvalue weighted by Gasteiger charge is -2.19. The Hall–Kier alpha value is -5.14. The summed E-state index contributed by atoms with van der Waals surface area (Å²) in [6, 6.07) is 22.2. The molecule has 0 radical (unpaired) electrons. The lowest BCUT2D eigenvalue weighted by Crippen LogP contribution is -2.31. The largest absolute Gasteiger partial charge is 0.466 e. The molecule has 1 aliphatic rings. The molecule has 3 aromatic carbocycles. The number of nitriles is 1. The zero-order valence-electron chi connectivity index (χ0n) is 22.8. The number of methoxy groups -OCH3 is 1. The van der Waals surface area contributed by atoms with Gasteiger partial charge in [-0.25, -0.2) is 9.59 Å². The lowest BCUT2D eigenvalue weighted by molar-refractivity contribution is -0.136. The molecule has 0 spiro atoms. The molecule has 3 N–H and O–H groups in total. The highest BCUT2D eigenvalue weighted by Gasteiger charge is 2.35. The summed E-state index contributed by atoms with van der Waals surface area (Å²) in [6.45, 7) is 1.97. The van der Waals surface area contributed by atoms with Crippen molar-refractivity contribution in [2.24, 2.45) is 0 Å². The van der Waals surface area contributed by atoms with Gasteiger partial charge in [-0.2, -0.15) is 5.26 Å². The van der Waals surface area contributed by atoms with Crippen molar-refractivity contribution in [1.82, 2.24) is 4.90 Å². The molecule has 210 valence electrons. The van der Waals surface area contributed by atoms with Crippen LogP contribution in [0.15, 0.2) is 78.0 Å². The Balaban J connectivity index is 1.65. The summed E-state index contributed by atoms with van der Waals surface area (Å²) in [6.07, 6.45) is 0. The molecule has 0 saturated heterocycles. The van der Waals surface area contributed by atoms with Gasteiger partial charge in [0, 0.05) is 13.1 Å². The molecule has 41 heavy (non-hydrogen) atoms. The quantitative estimate of drug-likeness (QED) is 0.303. The van der Waals surface area contributed by atoms with Crippen LogP contribution in [0.1, 0.15) is 28.4 Å². The molecule has 1 heterocycles. The van der Waals surface area contributed by atoms with Gasteiger partial charge in [0.1, 0.15) is 5.70 Å². The van der Waals surface area contributed by atoms with Gasteiger partial charge in [0.25, 0.3) is 5.91 Å². The smallest absolute Gasteiger partial charge is 0.340 e. The summed E-state index contributed by atoms with van der Waals surface area (Å²) in [4.78, 5) is 39.7. The van der Waals surface area contributed by atoms with Crippen LogP contribution in [0.25, 0.3) is 11.1 Å². The predicted octanol–water partition coefficient (Wildman–Crippen LogP) is 3.69. The zero-order chi connectivity index (χ0) is 29.4. The number of hydrogen-bond donors (Lipinski definition) is 3. The normalized spacial score (nSPS) is 12.6. The van der Waals surface area contributed by atoms with Crippen LogP contribution in [0.2, 0.25) is 0 Å². The number of β-amino-alcohol motifs (C(OH)–C–C–N with tert-alkyl or cyclic N) is 1. The first-order chi connectivity index (χ1) is 19.9. The fourth-order valence-corrected chi connectivity index (χ4v) is 4.53. The standard InChI is InChI=1S/C31H30N4O6/c1-3-41-31(39)24-9-6-10-26(34-28-25(30(38)40-2)19-35(15-16-36)29(28)37)27(24)33-18-20-11-13-21(14-12-20)23-8-5-4-7-22(23)17-32/h4-14,33-34,36H,3,15-16,18-19H2,1-2H3. The molecule has 1 aliphatic heterocycles. The van der Waals surface area contributed by atoms with Gasteiger partial charge < -0.3 is 30.1 Å². The van der Waals surface area contributed by atoms with Crippen molar-refractivity contribution in [3.8, 4) is 17.2 Å². The van der Waals surface area contributed by atoms with Crippen molar-refractivity contribution >= 4 is 29.2 Å². The molecular formula is C31H30N4O6. The Bertz CT molecular complexity index is 1520. The molecule has 1 amide bonds. The predicted molar refractivity (Wildman–Crippen MR) is 153 cm³/mol. The molecule has 0 bridgehead atoms. The van der Waals surface area contributed by atoms with Gasteiger partial charge in [-0.3, -0.25) is 4.79 Å². The van der Waals surface area contributed by atoms with E-state index in [-0.39, 0.29) is 43.1 Å². The number of para-hydroxylation sites is 1. The van der Waals surface area contributed by atoms with E-state index < -0.39 is 17.8 Å². The van der Waals surface area contributed by atoms with Crippen LogP contribution >= 0.6 is 0 Å². The number of anilines is 2. The van der Waals surface area contributed by atoms with Crippen LogP contribution < -0.4 is 10.6 Å². The Labute approximate surface area is 237 Å². The molecule has 0 fully saturated rings. The SMILES string of the molecule is CCOC(=O)c1cccc(NC2=C(C(=O)OC)CN(CCO)C2=O)c1NCc1ccc(-c2ccccc2C#N)cc1. The summed E-state index contributed by atoms with van der Waals surface area (Å²) < 4.78 is 10.1. The highest BCUT2D eigenvalue weighted by Crippen LogP contribution is 2.32. The highest BCUT2D eigenvalue weighted by atomic mass is 16.5. The second-order valence-corrected chi connectivity index (χ2v) is 9.08. The molecule has 0 aromatic heterocycles. The molecular weight excluding hydrogens is 524 g/mol. The molecule has 3 aromatic rings. The first kappa shape index (κ1) is 28.9. The lowest BCUT2D eigenvalue weighted by atomic mass is 9.99. The maximum absolute atomic E-state index is 13.1. The van der Waals surface area contributed by atoms with Gasteiger partial charge in [0.15, 0.2) is 0 Å². The van der Waals surface area contributed by atoms with Gasteiger partial charge in [-0.1, -0.05) is 48.5 Å². The number of ether oxygens (including phenoxy) is 2. The van der Waals surface area contributed by atoms with Crippen molar-refractivity contribution in [2.75, 3.05) is 44.0 Å². The number of amides is 1. The highest BCUT2D eigenvalue weighted by molar-refractivity contribution is 6.09. The molecule has 0 saturated carbocycles. The van der Waals surface area contributed by atoms with Crippen molar-refractivity contribution in [2.45, 2.75) is 13.5 Å². The van der Waals surface area contributed by atoms with Crippen molar-refractivity contribution < 1.29 is 29.0 Å².